The van der Waals surface area contributed by atoms with E-state index in [1.165, 1.54) is 31.0 Å². The van der Waals surface area contributed by atoms with Crippen molar-refractivity contribution in [3.8, 4) is 0 Å². The van der Waals surface area contributed by atoms with E-state index in [2.05, 4.69) is 40.4 Å². The summed E-state index contributed by atoms with van der Waals surface area (Å²) in [7, 11) is 2.15. The number of likely N-dealkylation sites (N-methyl/N-ethyl adjacent to an activating group) is 1. The van der Waals surface area contributed by atoms with Gasteiger partial charge in [-0.15, -0.1) is 0 Å². The quantitative estimate of drug-likeness (QED) is 0.717. The van der Waals surface area contributed by atoms with Crippen LogP contribution in [0.4, 0.5) is 11.4 Å². The number of allylic oxidation sites excluding steroid dienone is 1. The maximum atomic E-state index is 12.5. The molecule has 1 aromatic carbocycles. The molecule has 3 rings (SSSR count). The van der Waals surface area contributed by atoms with Gasteiger partial charge in [-0.2, -0.15) is 0 Å². The fraction of sp³-hybridized carbons (Fsp3) is 0.565. The predicted octanol–water partition coefficient (Wildman–Crippen LogP) is 3.12. The smallest absolute Gasteiger partial charge is 0.243 e. The number of hydrogen-bond donors (Lipinski definition) is 1. The van der Waals surface area contributed by atoms with Gasteiger partial charge >= 0.3 is 0 Å². The fourth-order valence-corrected chi connectivity index (χ4v) is 3.95. The summed E-state index contributed by atoms with van der Waals surface area (Å²) in [5, 5.41) is 2.93. The Labute approximate surface area is 174 Å². The highest BCUT2D eigenvalue weighted by Crippen LogP contribution is 2.21. The van der Waals surface area contributed by atoms with E-state index in [1.54, 1.807) is 4.90 Å². The van der Waals surface area contributed by atoms with Gasteiger partial charge in [-0.05, 0) is 63.4 Å². The van der Waals surface area contributed by atoms with Crippen molar-refractivity contribution in [3.05, 3.63) is 35.9 Å². The Hall–Kier alpha value is -2.34. The lowest BCUT2D eigenvalue weighted by molar-refractivity contribution is -0.132. The standard InChI is InChI=1S/C23H34N4O2/c1-19(28)27(13-12-20-6-4-3-5-7-20)18-23(29)24-21-8-10-22(11-9-21)26-16-14-25(2)15-17-26/h6,8-11H,3-5,7,12-18H2,1-2H3,(H,24,29). The average molecular weight is 399 g/mol. The van der Waals surface area contributed by atoms with Gasteiger partial charge in [0, 0.05) is 51.0 Å². The van der Waals surface area contributed by atoms with Gasteiger partial charge in [0.2, 0.25) is 11.8 Å². The lowest BCUT2D eigenvalue weighted by atomic mass is 9.97. The number of piperazine rings is 1. The molecular formula is C23H34N4O2. The van der Waals surface area contributed by atoms with Crippen LogP contribution in [0.15, 0.2) is 35.9 Å². The Morgan fingerprint density at radius 3 is 2.41 bits per heavy atom. The van der Waals surface area contributed by atoms with Crippen molar-refractivity contribution in [1.29, 1.82) is 0 Å². The molecule has 29 heavy (non-hydrogen) atoms. The molecule has 0 saturated carbocycles. The Bertz CT molecular complexity index is 721. The fourth-order valence-electron chi connectivity index (χ4n) is 3.95. The number of amides is 2. The first kappa shape index (κ1) is 21.4. The lowest BCUT2D eigenvalue weighted by Gasteiger charge is -2.34. The molecule has 0 bridgehead atoms. The summed E-state index contributed by atoms with van der Waals surface area (Å²) < 4.78 is 0. The van der Waals surface area contributed by atoms with Gasteiger partial charge in [0.25, 0.3) is 0 Å². The van der Waals surface area contributed by atoms with Crippen LogP contribution in [-0.2, 0) is 9.59 Å². The van der Waals surface area contributed by atoms with Crippen LogP contribution in [0.25, 0.3) is 0 Å². The molecule has 1 aliphatic heterocycles. The molecule has 0 radical (unpaired) electrons. The second kappa shape index (κ2) is 10.4. The summed E-state index contributed by atoms with van der Waals surface area (Å²) in [5.41, 5.74) is 3.37. The van der Waals surface area contributed by atoms with Crippen LogP contribution < -0.4 is 10.2 Å². The van der Waals surface area contributed by atoms with Gasteiger partial charge in [0.15, 0.2) is 0 Å². The minimum absolute atomic E-state index is 0.0537. The van der Waals surface area contributed by atoms with Gasteiger partial charge in [-0.25, -0.2) is 0 Å². The van der Waals surface area contributed by atoms with E-state index >= 15 is 0 Å². The Morgan fingerprint density at radius 1 is 1.07 bits per heavy atom. The first-order chi connectivity index (χ1) is 14.0. The maximum absolute atomic E-state index is 12.5. The van der Waals surface area contributed by atoms with Gasteiger partial charge in [-0.1, -0.05) is 11.6 Å². The minimum Gasteiger partial charge on any atom is -0.369 e. The molecule has 6 nitrogen and oxygen atoms in total. The molecule has 158 valence electrons. The van der Waals surface area contributed by atoms with Crippen LogP contribution in [0, 0.1) is 0 Å². The number of carbonyl (C=O) groups excluding carboxylic acids is 2. The van der Waals surface area contributed by atoms with Crippen molar-refractivity contribution < 1.29 is 9.59 Å². The summed E-state index contributed by atoms with van der Waals surface area (Å²) >= 11 is 0. The average Bonchev–Trinajstić information content (AvgIpc) is 2.73. The van der Waals surface area contributed by atoms with E-state index in [1.807, 2.05) is 12.1 Å². The van der Waals surface area contributed by atoms with E-state index in [4.69, 9.17) is 0 Å². The summed E-state index contributed by atoms with van der Waals surface area (Å²) in [5.74, 6) is -0.202. The molecular weight excluding hydrogens is 364 g/mol. The highest BCUT2D eigenvalue weighted by atomic mass is 16.2. The molecule has 1 fully saturated rings. The van der Waals surface area contributed by atoms with Crippen molar-refractivity contribution in [2.45, 2.75) is 39.0 Å². The molecule has 1 heterocycles. The van der Waals surface area contributed by atoms with Crippen molar-refractivity contribution in [2.75, 3.05) is 56.5 Å². The molecule has 2 aliphatic rings. The zero-order valence-electron chi connectivity index (χ0n) is 17.8. The SMILES string of the molecule is CC(=O)N(CCC1=CCCCC1)CC(=O)Nc1ccc(N2CCN(C)CC2)cc1. The second-order valence-electron chi connectivity index (χ2n) is 8.18. The van der Waals surface area contributed by atoms with Crippen molar-refractivity contribution >= 4 is 23.2 Å². The number of benzene rings is 1. The maximum Gasteiger partial charge on any atom is 0.243 e. The normalized spacial score (nSPS) is 17.6. The summed E-state index contributed by atoms with van der Waals surface area (Å²) in [6, 6.07) is 7.99. The predicted molar refractivity (Wildman–Crippen MR) is 118 cm³/mol. The van der Waals surface area contributed by atoms with Crippen LogP contribution in [0.5, 0.6) is 0 Å². The molecule has 0 atom stereocenters. The number of nitrogens with zero attached hydrogens (tertiary/aromatic N) is 3. The van der Waals surface area contributed by atoms with E-state index < -0.39 is 0 Å². The topological polar surface area (TPSA) is 55.9 Å². The van der Waals surface area contributed by atoms with E-state index in [0.717, 1.165) is 51.1 Å². The Morgan fingerprint density at radius 2 is 1.79 bits per heavy atom. The van der Waals surface area contributed by atoms with Crippen LogP contribution in [0.1, 0.15) is 39.0 Å². The summed E-state index contributed by atoms with van der Waals surface area (Å²) in [6.07, 6.45) is 7.92. The molecule has 2 amide bonds. The number of rotatable bonds is 7. The lowest BCUT2D eigenvalue weighted by Crippen LogP contribution is -2.44. The Balaban J connectivity index is 1.49. The van der Waals surface area contributed by atoms with Crippen LogP contribution in [-0.4, -0.2) is 67.9 Å². The number of nitrogens with one attached hydrogen (secondary N) is 1. The molecule has 1 N–H and O–H groups in total. The summed E-state index contributed by atoms with van der Waals surface area (Å²) in [4.78, 5) is 30.8. The van der Waals surface area contributed by atoms with Gasteiger partial charge in [0.05, 0.1) is 6.54 Å². The molecule has 0 spiro atoms. The van der Waals surface area contributed by atoms with E-state index in [0.29, 0.717) is 6.54 Å². The van der Waals surface area contributed by atoms with E-state index in [9.17, 15) is 9.59 Å². The van der Waals surface area contributed by atoms with Crippen LogP contribution in [0.3, 0.4) is 0 Å². The number of anilines is 2. The minimum atomic E-state index is -0.148. The van der Waals surface area contributed by atoms with Crippen molar-refractivity contribution in [2.24, 2.45) is 0 Å². The van der Waals surface area contributed by atoms with Gasteiger partial charge < -0.3 is 20.0 Å². The van der Waals surface area contributed by atoms with E-state index in [-0.39, 0.29) is 18.4 Å². The molecule has 1 aliphatic carbocycles. The third-order valence-corrected chi connectivity index (χ3v) is 5.89. The van der Waals surface area contributed by atoms with Gasteiger partial charge in [0.1, 0.15) is 0 Å². The molecule has 6 heteroatoms. The largest absolute Gasteiger partial charge is 0.369 e. The Kier molecular flexibility index (Phi) is 7.69. The van der Waals surface area contributed by atoms with Crippen LogP contribution >= 0.6 is 0 Å². The highest BCUT2D eigenvalue weighted by molar-refractivity contribution is 5.94. The molecule has 0 aromatic heterocycles. The van der Waals surface area contributed by atoms with Crippen molar-refractivity contribution in [1.82, 2.24) is 9.80 Å². The highest BCUT2D eigenvalue weighted by Gasteiger charge is 2.16. The monoisotopic (exact) mass is 398 g/mol. The van der Waals surface area contributed by atoms with Crippen LogP contribution in [0.2, 0.25) is 0 Å². The van der Waals surface area contributed by atoms with Crippen molar-refractivity contribution in [3.63, 3.8) is 0 Å². The first-order valence-corrected chi connectivity index (χ1v) is 10.8. The first-order valence-electron chi connectivity index (χ1n) is 10.8. The second-order valence-corrected chi connectivity index (χ2v) is 8.18. The zero-order chi connectivity index (χ0) is 20.6. The number of carbonyl (C=O) groups is 2. The molecule has 1 aromatic rings. The molecule has 1 saturated heterocycles. The summed E-state index contributed by atoms with van der Waals surface area (Å²) in [6.45, 7) is 6.41. The molecule has 0 unspecified atom stereocenters. The number of hydrogen-bond acceptors (Lipinski definition) is 4. The zero-order valence-corrected chi connectivity index (χ0v) is 17.8. The third kappa shape index (κ3) is 6.60. The van der Waals surface area contributed by atoms with Gasteiger partial charge in [-0.3, -0.25) is 9.59 Å². The third-order valence-electron chi connectivity index (χ3n) is 5.89.